The summed E-state index contributed by atoms with van der Waals surface area (Å²) in [6, 6.07) is 6.15. The van der Waals surface area contributed by atoms with Gasteiger partial charge in [0.15, 0.2) is 0 Å². The fraction of sp³-hybridized carbons (Fsp3) is 0.333. The molecule has 0 saturated carbocycles. The Kier molecular flexibility index (Phi) is 3.97. The van der Waals surface area contributed by atoms with Crippen LogP contribution in [0.15, 0.2) is 36.9 Å². The van der Waals surface area contributed by atoms with Gasteiger partial charge in [-0.3, -0.25) is 0 Å². The van der Waals surface area contributed by atoms with E-state index in [4.69, 9.17) is 0 Å². The zero-order chi connectivity index (χ0) is 11.3. The normalized spacial score (nSPS) is 11.4. The Labute approximate surface area is 88.4 Å². The van der Waals surface area contributed by atoms with Gasteiger partial charge in [-0.15, -0.1) is 6.58 Å². The number of allylic oxidation sites excluding steroid dienone is 1. The van der Waals surface area contributed by atoms with Crippen LogP contribution in [0.2, 0.25) is 0 Å². The lowest BCUT2D eigenvalue weighted by atomic mass is 10.1. The number of hydrogen-bond donors (Lipinski definition) is 0. The van der Waals surface area contributed by atoms with Crippen LogP contribution in [0, 0.1) is 0 Å². The second kappa shape index (κ2) is 5.03. The van der Waals surface area contributed by atoms with Crippen LogP contribution in [-0.2, 0) is 17.3 Å². The molecule has 82 valence electrons. The minimum absolute atomic E-state index is 0.118. The van der Waals surface area contributed by atoms with E-state index in [-0.39, 0.29) is 5.56 Å². The van der Waals surface area contributed by atoms with Gasteiger partial charge in [0.1, 0.15) is 0 Å². The molecule has 1 aromatic carbocycles. The molecule has 0 saturated heterocycles. The Morgan fingerprint density at radius 3 is 2.40 bits per heavy atom. The Morgan fingerprint density at radius 2 is 1.93 bits per heavy atom. The minimum Gasteiger partial charge on any atom is -0.320 e. The maximum Gasteiger partial charge on any atom is 0.383 e. The van der Waals surface area contributed by atoms with Crippen molar-refractivity contribution in [3.8, 4) is 0 Å². The summed E-state index contributed by atoms with van der Waals surface area (Å²) in [4.78, 5) is 0. The summed E-state index contributed by atoms with van der Waals surface area (Å²) in [5.74, 6) is 0. The van der Waals surface area contributed by atoms with Crippen LogP contribution >= 0.6 is 0 Å². The standard InChI is InChI=1S/C12H14F2O/c1-3-4-5-10-6-8-11(9-7-10)12(13,14)15-2/h3,6-9H,1,4-5H2,2H3. The third kappa shape index (κ3) is 3.13. The fourth-order valence-electron chi connectivity index (χ4n) is 1.25. The first kappa shape index (κ1) is 11.9. The third-order valence-electron chi connectivity index (χ3n) is 2.18. The Bertz CT molecular complexity index is 317. The van der Waals surface area contributed by atoms with Crippen molar-refractivity contribution in [3.63, 3.8) is 0 Å². The highest BCUT2D eigenvalue weighted by Crippen LogP contribution is 2.28. The lowest BCUT2D eigenvalue weighted by molar-refractivity contribution is -0.231. The molecule has 0 fully saturated rings. The zero-order valence-electron chi connectivity index (χ0n) is 8.67. The molecule has 0 bridgehead atoms. The van der Waals surface area contributed by atoms with Crippen molar-refractivity contribution in [1.82, 2.24) is 0 Å². The monoisotopic (exact) mass is 212 g/mol. The van der Waals surface area contributed by atoms with Crippen LogP contribution in [0.5, 0.6) is 0 Å². The summed E-state index contributed by atoms with van der Waals surface area (Å²) in [5, 5.41) is 0. The van der Waals surface area contributed by atoms with E-state index in [1.807, 2.05) is 0 Å². The first-order chi connectivity index (χ1) is 7.10. The van der Waals surface area contributed by atoms with Crippen LogP contribution in [0.3, 0.4) is 0 Å². The molecule has 1 rings (SSSR count). The molecule has 0 amide bonds. The summed E-state index contributed by atoms with van der Waals surface area (Å²) < 4.78 is 30.2. The number of hydrogen-bond acceptors (Lipinski definition) is 1. The van der Waals surface area contributed by atoms with E-state index in [1.165, 1.54) is 12.1 Å². The predicted molar refractivity (Wildman–Crippen MR) is 55.9 cm³/mol. The Balaban J connectivity index is 2.76. The average Bonchev–Trinajstić information content (AvgIpc) is 2.27. The molecular formula is C12H14F2O. The number of rotatable bonds is 5. The number of alkyl halides is 2. The highest BCUT2D eigenvalue weighted by Gasteiger charge is 2.30. The van der Waals surface area contributed by atoms with Crippen molar-refractivity contribution in [2.75, 3.05) is 7.11 Å². The van der Waals surface area contributed by atoms with Gasteiger partial charge >= 0.3 is 6.11 Å². The molecular weight excluding hydrogens is 198 g/mol. The molecule has 0 radical (unpaired) electrons. The lowest BCUT2D eigenvalue weighted by Crippen LogP contribution is -2.15. The zero-order valence-corrected chi connectivity index (χ0v) is 8.67. The van der Waals surface area contributed by atoms with E-state index < -0.39 is 6.11 Å². The molecule has 0 unspecified atom stereocenters. The van der Waals surface area contributed by atoms with E-state index in [1.54, 1.807) is 18.2 Å². The third-order valence-corrected chi connectivity index (χ3v) is 2.18. The van der Waals surface area contributed by atoms with Crippen molar-refractivity contribution in [3.05, 3.63) is 48.0 Å². The fourth-order valence-corrected chi connectivity index (χ4v) is 1.25. The van der Waals surface area contributed by atoms with Crippen LogP contribution < -0.4 is 0 Å². The minimum atomic E-state index is -3.20. The number of aryl methyl sites for hydroxylation is 1. The molecule has 3 heteroatoms. The SMILES string of the molecule is C=CCCc1ccc(C(F)(F)OC)cc1. The van der Waals surface area contributed by atoms with E-state index in [2.05, 4.69) is 11.3 Å². The van der Waals surface area contributed by atoms with Crippen molar-refractivity contribution in [2.24, 2.45) is 0 Å². The predicted octanol–water partition coefficient (Wildman–Crippen LogP) is 3.50. The van der Waals surface area contributed by atoms with Crippen molar-refractivity contribution in [1.29, 1.82) is 0 Å². The second-order valence-electron chi connectivity index (χ2n) is 3.25. The van der Waals surface area contributed by atoms with Gasteiger partial charge < -0.3 is 4.74 Å². The maximum atomic E-state index is 13.0. The topological polar surface area (TPSA) is 9.23 Å². The summed E-state index contributed by atoms with van der Waals surface area (Å²) in [7, 11) is 0.992. The smallest absolute Gasteiger partial charge is 0.320 e. The molecule has 1 nitrogen and oxygen atoms in total. The largest absolute Gasteiger partial charge is 0.383 e. The van der Waals surface area contributed by atoms with E-state index >= 15 is 0 Å². The van der Waals surface area contributed by atoms with Gasteiger partial charge in [0, 0.05) is 7.11 Å². The molecule has 0 aliphatic heterocycles. The summed E-state index contributed by atoms with van der Waals surface area (Å²) in [6.07, 6.45) is 0.275. The molecule has 15 heavy (non-hydrogen) atoms. The number of halogens is 2. The second-order valence-corrected chi connectivity index (χ2v) is 3.25. The lowest BCUT2D eigenvalue weighted by Gasteiger charge is -2.14. The van der Waals surface area contributed by atoms with Gasteiger partial charge in [0.25, 0.3) is 0 Å². The van der Waals surface area contributed by atoms with Crippen molar-refractivity contribution >= 4 is 0 Å². The van der Waals surface area contributed by atoms with Crippen LogP contribution in [0.1, 0.15) is 17.5 Å². The number of methoxy groups -OCH3 is 1. The highest BCUT2D eigenvalue weighted by atomic mass is 19.3. The molecule has 1 aromatic rings. The number of ether oxygens (including phenoxy) is 1. The Hall–Kier alpha value is -1.22. The maximum absolute atomic E-state index is 13.0. The molecule has 0 heterocycles. The highest BCUT2D eigenvalue weighted by molar-refractivity contribution is 5.24. The van der Waals surface area contributed by atoms with Gasteiger partial charge in [0.05, 0.1) is 5.56 Å². The van der Waals surface area contributed by atoms with Gasteiger partial charge in [-0.25, -0.2) is 0 Å². The molecule has 0 aliphatic carbocycles. The van der Waals surface area contributed by atoms with E-state index in [0.717, 1.165) is 25.5 Å². The van der Waals surface area contributed by atoms with Crippen LogP contribution in [0.25, 0.3) is 0 Å². The summed E-state index contributed by atoms with van der Waals surface area (Å²) in [5.41, 5.74) is 0.901. The summed E-state index contributed by atoms with van der Waals surface area (Å²) >= 11 is 0. The molecule has 0 N–H and O–H groups in total. The van der Waals surface area contributed by atoms with Gasteiger partial charge in [-0.2, -0.15) is 8.78 Å². The molecule has 0 atom stereocenters. The average molecular weight is 212 g/mol. The van der Waals surface area contributed by atoms with Gasteiger partial charge in [-0.1, -0.05) is 30.3 Å². The molecule has 0 aliphatic rings. The van der Waals surface area contributed by atoms with Gasteiger partial charge in [0.2, 0.25) is 0 Å². The Morgan fingerprint density at radius 1 is 1.33 bits per heavy atom. The quantitative estimate of drug-likeness (QED) is 0.679. The van der Waals surface area contributed by atoms with Gasteiger partial charge in [-0.05, 0) is 18.4 Å². The number of benzene rings is 1. The van der Waals surface area contributed by atoms with Crippen molar-refractivity contribution in [2.45, 2.75) is 19.0 Å². The van der Waals surface area contributed by atoms with E-state index in [9.17, 15) is 8.78 Å². The van der Waals surface area contributed by atoms with Crippen molar-refractivity contribution < 1.29 is 13.5 Å². The molecule has 0 aromatic heterocycles. The van der Waals surface area contributed by atoms with Crippen LogP contribution in [0.4, 0.5) is 8.78 Å². The molecule has 0 spiro atoms. The first-order valence-corrected chi connectivity index (χ1v) is 4.73. The van der Waals surface area contributed by atoms with Crippen LogP contribution in [-0.4, -0.2) is 7.11 Å². The summed E-state index contributed by atoms with van der Waals surface area (Å²) in [6.45, 7) is 3.61. The van der Waals surface area contributed by atoms with E-state index in [0.29, 0.717) is 0 Å². The first-order valence-electron chi connectivity index (χ1n) is 4.73.